The van der Waals surface area contributed by atoms with Gasteiger partial charge in [-0.15, -0.1) is 0 Å². The minimum Gasteiger partial charge on any atom is -0.390 e. The Bertz CT molecular complexity index is 442. The molecule has 0 unspecified atom stereocenters. The van der Waals surface area contributed by atoms with E-state index in [0.717, 1.165) is 5.39 Å². The first kappa shape index (κ1) is 8.13. The summed E-state index contributed by atoms with van der Waals surface area (Å²) in [5, 5.41) is 10.1. The highest BCUT2D eigenvalue weighted by Crippen LogP contribution is 2.16. The Morgan fingerprint density at radius 3 is 3.00 bits per heavy atom. The van der Waals surface area contributed by atoms with E-state index in [0.29, 0.717) is 11.1 Å². The molecule has 0 radical (unpaired) electrons. The lowest BCUT2D eigenvalue weighted by Gasteiger charge is -2.00. The maximum absolute atomic E-state index is 13.1. The molecule has 0 bridgehead atoms. The third-order valence-corrected chi connectivity index (χ3v) is 1.93. The molecule has 3 heteroatoms. The van der Waals surface area contributed by atoms with Crippen LogP contribution < -0.4 is 0 Å². The van der Waals surface area contributed by atoms with Gasteiger partial charge < -0.3 is 5.11 Å². The average Bonchev–Trinajstić information content (AvgIpc) is 2.18. The summed E-state index contributed by atoms with van der Waals surface area (Å²) in [6.07, 6.45) is 1.44. The second-order valence-corrected chi connectivity index (χ2v) is 2.79. The summed E-state index contributed by atoms with van der Waals surface area (Å²) in [5.41, 5.74) is 0.554. The Hall–Kier alpha value is -1.48. The molecule has 0 amide bonds. The molecule has 1 N–H and O–H groups in total. The molecular formula is C10H8FNO. The van der Waals surface area contributed by atoms with Gasteiger partial charge in [-0.05, 0) is 17.5 Å². The van der Waals surface area contributed by atoms with E-state index in [9.17, 15) is 4.39 Å². The van der Waals surface area contributed by atoms with Gasteiger partial charge in [0.1, 0.15) is 5.82 Å². The van der Waals surface area contributed by atoms with E-state index < -0.39 is 0 Å². The molecule has 1 heterocycles. The summed E-state index contributed by atoms with van der Waals surface area (Å²) < 4.78 is 13.1. The molecule has 0 saturated heterocycles. The van der Waals surface area contributed by atoms with Crippen LogP contribution in [0.3, 0.4) is 0 Å². The van der Waals surface area contributed by atoms with Crippen LogP contribution in [-0.4, -0.2) is 10.1 Å². The Morgan fingerprint density at radius 2 is 2.23 bits per heavy atom. The van der Waals surface area contributed by atoms with Gasteiger partial charge in [0, 0.05) is 11.6 Å². The SMILES string of the molecule is OCc1cc2cccc(F)c2cn1. The molecule has 2 aromatic rings. The third-order valence-electron chi connectivity index (χ3n) is 1.93. The van der Waals surface area contributed by atoms with Gasteiger partial charge >= 0.3 is 0 Å². The van der Waals surface area contributed by atoms with Crippen LogP contribution in [0.15, 0.2) is 30.5 Å². The van der Waals surface area contributed by atoms with Gasteiger partial charge in [-0.25, -0.2) is 4.39 Å². The number of hydrogen-bond acceptors (Lipinski definition) is 2. The van der Waals surface area contributed by atoms with Crippen LogP contribution in [0.1, 0.15) is 5.69 Å². The number of benzene rings is 1. The molecular weight excluding hydrogens is 169 g/mol. The van der Waals surface area contributed by atoms with E-state index >= 15 is 0 Å². The molecule has 0 aliphatic carbocycles. The average molecular weight is 177 g/mol. The predicted molar refractivity (Wildman–Crippen MR) is 47.6 cm³/mol. The van der Waals surface area contributed by atoms with Crippen LogP contribution in [0, 0.1) is 5.82 Å². The van der Waals surface area contributed by atoms with Crippen LogP contribution in [0.4, 0.5) is 4.39 Å². The minimum atomic E-state index is -0.283. The monoisotopic (exact) mass is 177 g/mol. The fraction of sp³-hybridized carbons (Fsp3) is 0.100. The molecule has 1 aromatic carbocycles. The van der Waals surface area contributed by atoms with E-state index in [2.05, 4.69) is 4.98 Å². The van der Waals surface area contributed by atoms with Crippen molar-refractivity contribution in [3.05, 3.63) is 42.0 Å². The first-order chi connectivity index (χ1) is 6.31. The molecule has 0 fully saturated rings. The molecule has 2 nitrogen and oxygen atoms in total. The van der Waals surface area contributed by atoms with Crippen molar-refractivity contribution in [3.8, 4) is 0 Å². The fourth-order valence-electron chi connectivity index (χ4n) is 1.27. The van der Waals surface area contributed by atoms with E-state index in [1.165, 1.54) is 12.3 Å². The van der Waals surface area contributed by atoms with Crippen molar-refractivity contribution in [2.75, 3.05) is 0 Å². The predicted octanol–water partition coefficient (Wildman–Crippen LogP) is 1.87. The van der Waals surface area contributed by atoms with Gasteiger partial charge in [-0.1, -0.05) is 12.1 Å². The summed E-state index contributed by atoms with van der Waals surface area (Å²) in [7, 11) is 0. The van der Waals surface area contributed by atoms with Crippen LogP contribution in [0.5, 0.6) is 0 Å². The Kier molecular flexibility index (Phi) is 1.94. The molecule has 0 aliphatic rings. The van der Waals surface area contributed by atoms with Crippen molar-refractivity contribution in [2.45, 2.75) is 6.61 Å². The van der Waals surface area contributed by atoms with Gasteiger partial charge in [0.25, 0.3) is 0 Å². The summed E-state index contributed by atoms with van der Waals surface area (Å²) in [5.74, 6) is -0.283. The summed E-state index contributed by atoms with van der Waals surface area (Å²) in [6.45, 7) is -0.119. The van der Waals surface area contributed by atoms with Gasteiger partial charge in [0.15, 0.2) is 0 Å². The number of fused-ring (bicyclic) bond motifs is 1. The molecule has 0 atom stereocenters. The van der Waals surface area contributed by atoms with Crippen molar-refractivity contribution in [3.63, 3.8) is 0 Å². The van der Waals surface area contributed by atoms with E-state index in [1.807, 2.05) is 0 Å². The normalized spacial score (nSPS) is 10.6. The van der Waals surface area contributed by atoms with Crippen molar-refractivity contribution in [1.82, 2.24) is 4.98 Å². The Balaban J connectivity index is 2.72. The molecule has 0 aliphatic heterocycles. The minimum absolute atomic E-state index is 0.119. The van der Waals surface area contributed by atoms with Crippen molar-refractivity contribution < 1.29 is 9.50 Å². The number of pyridine rings is 1. The van der Waals surface area contributed by atoms with Crippen molar-refractivity contribution in [2.24, 2.45) is 0 Å². The van der Waals surface area contributed by atoms with Gasteiger partial charge in [0.05, 0.1) is 12.3 Å². The summed E-state index contributed by atoms with van der Waals surface area (Å²) >= 11 is 0. The number of halogens is 1. The molecule has 2 rings (SSSR count). The van der Waals surface area contributed by atoms with Gasteiger partial charge in [-0.2, -0.15) is 0 Å². The quantitative estimate of drug-likeness (QED) is 0.721. The molecule has 1 aromatic heterocycles. The van der Waals surface area contributed by atoms with Crippen LogP contribution in [0.2, 0.25) is 0 Å². The van der Waals surface area contributed by atoms with Crippen LogP contribution >= 0.6 is 0 Å². The fourth-order valence-corrected chi connectivity index (χ4v) is 1.27. The largest absolute Gasteiger partial charge is 0.390 e. The lowest BCUT2D eigenvalue weighted by atomic mass is 10.1. The Labute approximate surface area is 74.7 Å². The lowest BCUT2D eigenvalue weighted by Crippen LogP contribution is -1.89. The van der Waals surface area contributed by atoms with Crippen LogP contribution in [0.25, 0.3) is 10.8 Å². The number of nitrogens with zero attached hydrogens (tertiary/aromatic N) is 1. The smallest absolute Gasteiger partial charge is 0.132 e. The number of aliphatic hydroxyl groups excluding tert-OH is 1. The number of hydrogen-bond donors (Lipinski definition) is 1. The molecule has 66 valence electrons. The molecule has 0 saturated carbocycles. The number of aromatic nitrogens is 1. The van der Waals surface area contributed by atoms with E-state index in [-0.39, 0.29) is 12.4 Å². The first-order valence-corrected chi connectivity index (χ1v) is 3.95. The third kappa shape index (κ3) is 1.38. The highest BCUT2D eigenvalue weighted by Gasteiger charge is 2.00. The van der Waals surface area contributed by atoms with Gasteiger partial charge in [-0.3, -0.25) is 4.98 Å². The van der Waals surface area contributed by atoms with Crippen molar-refractivity contribution in [1.29, 1.82) is 0 Å². The maximum atomic E-state index is 13.1. The standard InChI is InChI=1S/C10H8FNO/c11-10-3-1-2-7-4-8(6-13)12-5-9(7)10/h1-5,13H,6H2. The molecule has 13 heavy (non-hydrogen) atoms. The lowest BCUT2D eigenvalue weighted by molar-refractivity contribution is 0.277. The van der Waals surface area contributed by atoms with Crippen molar-refractivity contribution >= 4 is 10.8 Å². The zero-order chi connectivity index (χ0) is 9.26. The summed E-state index contributed by atoms with van der Waals surface area (Å²) in [4.78, 5) is 3.90. The van der Waals surface area contributed by atoms with E-state index in [1.54, 1.807) is 18.2 Å². The maximum Gasteiger partial charge on any atom is 0.132 e. The topological polar surface area (TPSA) is 33.1 Å². The van der Waals surface area contributed by atoms with E-state index in [4.69, 9.17) is 5.11 Å². The van der Waals surface area contributed by atoms with Gasteiger partial charge in [0.2, 0.25) is 0 Å². The van der Waals surface area contributed by atoms with Crippen LogP contribution in [-0.2, 0) is 6.61 Å². The Morgan fingerprint density at radius 1 is 1.38 bits per heavy atom. The first-order valence-electron chi connectivity index (χ1n) is 3.95. The highest BCUT2D eigenvalue weighted by atomic mass is 19.1. The zero-order valence-corrected chi connectivity index (χ0v) is 6.87. The number of rotatable bonds is 1. The highest BCUT2D eigenvalue weighted by molar-refractivity contribution is 5.82. The number of aliphatic hydroxyl groups is 1. The second-order valence-electron chi connectivity index (χ2n) is 2.79. The zero-order valence-electron chi connectivity index (χ0n) is 6.87. The molecule has 0 spiro atoms. The second kappa shape index (κ2) is 3.11. The summed E-state index contributed by atoms with van der Waals surface area (Å²) in [6, 6.07) is 6.50.